The largest absolute Gasteiger partial charge is 0.493 e. The summed E-state index contributed by atoms with van der Waals surface area (Å²) in [4.78, 5) is 12.4. The van der Waals surface area contributed by atoms with Crippen molar-refractivity contribution in [2.45, 2.75) is 25.7 Å². The zero-order chi connectivity index (χ0) is 16.2. The average Bonchev–Trinajstić information content (AvgIpc) is 2.60. The third kappa shape index (κ3) is 3.31. The number of aryl methyl sites for hydroxylation is 2. The maximum absolute atomic E-state index is 12.4. The zero-order valence-corrected chi connectivity index (χ0v) is 13.5. The first-order valence-electron chi connectivity index (χ1n) is 7.86. The quantitative estimate of drug-likeness (QED) is 0.933. The molecule has 0 fully saturated rings. The maximum Gasteiger partial charge on any atom is 0.255 e. The van der Waals surface area contributed by atoms with E-state index in [0.29, 0.717) is 17.1 Å². The van der Waals surface area contributed by atoms with Crippen LogP contribution in [0.2, 0.25) is 0 Å². The lowest BCUT2D eigenvalue weighted by molar-refractivity contribution is 0.102. The smallest absolute Gasteiger partial charge is 0.255 e. The molecule has 1 N–H and O–H groups in total. The molecule has 4 nitrogen and oxygen atoms in total. The standard InChI is InChI=1S/C19H21NO3/c1-22-17-10-8-15(12-18(17)23-2)19(21)20-16-9-7-13-5-3-4-6-14(13)11-16/h7-12H,3-6H2,1-2H3,(H,20,21). The number of amides is 1. The number of methoxy groups -OCH3 is 2. The number of anilines is 1. The third-order valence-corrected chi connectivity index (χ3v) is 4.25. The highest BCUT2D eigenvalue weighted by Gasteiger charge is 2.13. The van der Waals surface area contributed by atoms with E-state index in [4.69, 9.17) is 9.47 Å². The van der Waals surface area contributed by atoms with Crippen LogP contribution in [0.5, 0.6) is 11.5 Å². The molecule has 4 heteroatoms. The van der Waals surface area contributed by atoms with Gasteiger partial charge in [-0.25, -0.2) is 0 Å². The van der Waals surface area contributed by atoms with E-state index in [0.717, 1.165) is 18.5 Å². The molecular formula is C19H21NO3. The number of ether oxygens (including phenoxy) is 2. The lowest BCUT2D eigenvalue weighted by atomic mass is 9.91. The number of rotatable bonds is 4. The summed E-state index contributed by atoms with van der Waals surface area (Å²) in [5.74, 6) is 1.00. The van der Waals surface area contributed by atoms with Crippen LogP contribution in [0.1, 0.15) is 34.3 Å². The minimum Gasteiger partial charge on any atom is -0.493 e. The molecule has 1 aliphatic rings. The lowest BCUT2D eigenvalue weighted by Crippen LogP contribution is -2.13. The van der Waals surface area contributed by atoms with Gasteiger partial charge >= 0.3 is 0 Å². The topological polar surface area (TPSA) is 47.6 Å². The van der Waals surface area contributed by atoms with Gasteiger partial charge in [0.05, 0.1) is 14.2 Å². The molecule has 1 amide bonds. The van der Waals surface area contributed by atoms with Crippen LogP contribution in [0.25, 0.3) is 0 Å². The van der Waals surface area contributed by atoms with Crippen LogP contribution in [-0.2, 0) is 12.8 Å². The van der Waals surface area contributed by atoms with E-state index in [1.54, 1.807) is 32.4 Å². The fourth-order valence-electron chi connectivity index (χ4n) is 2.99. The number of carbonyl (C=O) groups is 1. The molecule has 0 saturated carbocycles. The number of benzene rings is 2. The summed E-state index contributed by atoms with van der Waals surface area (Å²) >= 11 is 0. The van der Waals surface area contributed by atoms with Gasteiger partial charge in [-0.05, 0) is 67.1 Å². The predicted octanol–water partition coefficient (Wildman–Crippen LogP) is 3.83. The van der Waals surface area contributed by atoms with Gasteiger partial charge in [0.15, 0.2) is 11.5 Å². The summed E-state index contributed by atoms with van der Waals surface area (Å²) in [7, 11) is 3.13. The van der Waals surface area contributed by atoms with Gasteiger partial charge in [0, 0.05) is 11.3 Å². The van der Waals surface area contributed by atoms with Gasteiger partial charge in [-0.2, -0.15) is 0 Å². The SMILES string of the molecule is COc1ccc(C(=O)Nc2ccc3c(c2)CCCC3)cc1OC. The van der Waals surface area contributed by atoms with Crippen molar-refractivity contribution in [2.24, 2.45) is 0 Å². The first-order valence-corrected chi connectivity index (χ1v) is 7.86. The van der Waals surface area contributed by atoms with Crippen LogP contribution in [0.3, 0.4) is 0 Å². The molecule has 120 valence electrons. The Kier molecular flexibility index (Phi) is 4.51. The molecular weight excluding hydrogens is 290 g/mol. The lowest BCUT2D eigenvalue weighted by Gasteiger charge is -2.17. The predicted molar refractivity (Wildman–Crippen MR) is 90.6 cm³/mol. The second kappa shape index (κ2) is 6.73. The Bertz CT molecular complexity index is 725. The highest BCUT2D eigenvalue weighted by Crippen LogP contribution is 2.28. The molecule has 0 spiro atoms. The van der Waals surface area contributed by atoms with Crippen molar-refractivity contribution < 1.29 is 14.3 Å². The zero-order valence-electron chi connectivity index (χ0n) is 13.5. The minimum absolute atomic E-state index is 0.151. The van der Waals surface area contributed by atoms with Crippen LogP contribution >= 0.6 is 0 Å². The van der Waals surface area contributed by atoms with Crippen LogP contribution in [0.4, 0.5) is 5.69 Å². The van der Waals surface area contributed by atoms with Gasteiger partial charge in [-0.15, -0.1) is 0 Å². The van der Waals surface area contributed by atoms with Crippen molar-refractivity contribution in [3.8, 4) is 11.5 Å². The van der Waals surface area contributed by atoms with E-state index in [2.05, 4.69) is 17.4 Å². The highest BCUT2D eigenvalue weighted by atomic mass is 16.5. The molecule has 2 aromatic carbocycles. The summed E-state index contributed by atoms with van der Waals surface area (Å²) in [6.07, 6.45) is 4.71. The molecule has 2 aromatic rings. The van der Waals surface area contributed by atoms with Crippen LogP contribution in [0.15, 0.2) is 36.4 Å². The number of nitrogens with one attached hydrogen (secondary N) is 1. The first-order chi connectivity index (χ1) is 11.2. The van der Waals surface area contributed by atoms with E-state index >= 15 is 0 Å². The number of carbonyl (C=O) groups excluding carboxylic acids is 1. The summed E-state index contributed by atoms with van der Waals surface area (Å²) in [5, 5.41) is 2.96. The maximum atomic E-state index is 12.4. The molecule has 0 bridgehead atoms. The molecule has 0 unspecified atom stereocenters. The summed E-state index contributed by atoms with van der Waals surface area (Å²) < 4.78 is 10.4. The van der Waals surface area contributed by atoms with Gasteiger partial charge < -0.3 is 14.8 Å². The van der Waals surface area contributed by atoms with Gasteiger partial charge in [0.25, 0.3) is 5.91 Å². The molecule has 1 aliphatic carbocycles. The Labute approximate surface area is 136 Å². The van der Waals surface area contributed by atoms with Gasteiger partial charge in [0.2, 0.25) is 0 Å². The van der Waals surface area contributed by atoms with Crippen molar-refractivity contribution in [3.05, 3.63) is 53.1 Å². The van der Waals surface area contributed by atoms with Crippen molar-refractivity contribution >= 4 is 11.6 Å². The van der Waals surface area contributed by atoms with Crippen LogP contribution < -0.4 is 14.8 Å². The third-order valence-electron chi connectivity index (χ3n) is 4.25. The minimum atomic E-state index is -0.151. The Morgan fingerprint density at radius 2 is 1.65 bits per heavy atom. The van der Waals surface area contributed by atoms with Crippen LogP contribution in [-0.4, -0.2) is 20.1 Å². The van der Waals surface area contributed by atoms with Gasteiger partial charge in [-0.3, -0.25) is 4.79 Å². The van der Waals surface area contributed by atoms with Crippen molar-refractivity contribution in [1.82, 2.24) is 0 Å². The summed E-state index contributed by atoms with van der Waals surface area (Å²) in [6, 6.07) is 11.3. The molecule has 0 radical (unpaired) electrons. The molecule has 0 aliphatic heterocycles. The Morgan fingerprint density at radius 3 is 2.39 bits per heavy atom. The van der Waals surface area contributed by atoms with E-state index in [1.165, 1.54) is 24.0 Å². The second-order valence-corrected chi connectivity index (χ2v) is 5.71. The number of hydrogen-bond acceptors (Lipinski definition) is 3. The van der Waals surface area contributed by atoms with Crippen LogP contribution in [0, 0.1) is 0 Å². The molecule has 0 atom stereocenters. The molecule has 0 heterocycles. The number of hydrogen-bond donors (Lipinski definition) is 1. The average molecular weight is 311 g/mol. The Hall–Kier alpha value is -2.49. The molecule has 23 heavy (non-hydrogen) atoms. The van der Waals surface area contributed by atoms with E-state index < -0.39 is 0 Å². The number of fused-ring (bicyclic) bond motifs is 1. The summed E-state index contributed by atoms with van der Waals surface area (Å²) in [5.41, 5.74) is 4.13. The Morgan fingerprint density at radius 1 is 0.913 bits per heavy atom. The van der Waals surface area contributed by atoms with E-state index in [1.807, 2.05) is 6.07 Å². The normalized spacial score (nSPS) is 13.1. The second-order valence-electron chi connectivity index (χ2n) is 5.71. The van der Waals surface area contributed by atoms with E-state index in [9.17, 15) is 4.79 Å². The van der Waals surface area contributed by atoms with Crippen molar-refractivity contribution in [3.63, 3.8) is 0 Å². The van der Waals surface area contributed by atoms with E-state index in [-0.39, 0.29) is 5.91 Å². The molecule has 3 rings (SSSR count). The molecule has 0 aromatic heterocycles. The Balaban J connectivity index is 1.79. The monoisotopic (exact) mass is 311 g/mol. The van der Waals surface area contributed by atoms with Gasteiger partial charge in [-0.1, -0.05) is 6.07 Å². The molecule has 0 saturated heterocycles. The first kappa shape index (κ1) is 15.4. The fraction of sp³-hybridized carbons (Fsp3) is 0.316. The fourth-order valence-corrected chi connectivity index (χ4v) is 2.99. The van der Waals surface area contributed by atoms with Crippen molar-refractivity contribution in [1.29, 1.82) is 0 Å². The summed E-state index contributed by atoms with van der Waals surface area (Å²) in [6.45, 7) is 0. The van der Waals surface area contributed by atoms with Gasteiger partial charge in [0.1, 0.15) is 0 Å². The van der Waals surface area contributed by atoms with Crippen molar-refractivity contribution in [2.75, 3.05) is 19.5 Å². The highest BCUT2D eigenvalue weighted by molar-refractivity contribution is 6.04.